The van der Waals surface area contributed by atoms with E-state index < -0.39 is 5.97 Å². The van der Waals surface area contributed by atoms with Gasteiger partial charge >= 0.3 is 5.97 Å². The molecule has 0 radical (unpaired) electrons. The molecule has 1 aromatic rings. The minimum atomic E-state index is -0.792. The first-order valence-electron chi connectivity index (χ1n) is 5.53. The van der Waals surface area contributed by atoms with Crippen LogP contribution < -0.4 is 10.1 Å². The highest BCUT2D eigenvalue weighted by molar-refractivity contribution is 6.30. The van der Waals surface area contributed by atoms with Crippen molar-refractivity contribution < 1.29 is 14.6 Å². The average molecular weight is 256 g/mol. The Balaban J connectivity index is 1.78. The highest BCUT2D eigenvalue weighted by atomic mass is 35.5. The Morgan fingerprint density at radius 2 is 2.41 bits per heavy atom. The Morgan fingerprint density at radius 1 is 1.59 bits per heavy atom. The van der Waals surface area contributed by atoms with Crippen LogP contribution >= 0.6 is 11.6 Å². The molecule has 0 aliphatic carbocycles. The molecule has 0 fully saturated rings. The smallest absolute Gasteiger partial charge is 0.304 e. The topological polar surface area (TPSA) is 58.6 Å². The van der Waals surface area contributed by atoms with Crippen LogP contribution in [-0.2, 0) is 11.2 Å². The Kier molecular flexibility index (Phi) is 3.86. The SMILES string of the molecule is O=C(O)CCNCC1Cc2cc(Cl)ccc2O1. The summed E-state index contributed by atoms with van der Waals surface area (Å²) >= 11 is 5.90. The van der Waals surface area contributed by atoms with Crippen molar-refractivity contribution in [3.8, 4) is 5.75 Å². The van der Waals surface area contributed by atoms with Crippen molar-refractivity contribution in [1.82, 2.24) is 5.32 Å². The fourth-order valence-corrected chi connectivity index (χ4v) is 2.06. The quantitative estimate of drug-likeness (QED) is 0.787. The summed E-state index contributed by atoms with van der Waals surface area (Å²) in [5.74, 6) is 0.0827. The van der Waals surface area contributed by atoms with Crippen LogP contribution in [0.1, 0.15) is 12.0 Å². The van der Waals surface area contributed by atoms with E-state index in [1.807, 2.05) is 12.1 Å². The van der Waals surface area contributed by atoms with Crippen molar-refractivity contribution in [2.75, 3.05) is 13.1 Å². The first-order valence-corrected chi connectivity index (χ1v) is 5.90. The lowest BCUT2D eigenvalue weighted by Gasteiger charge is -2.10. The number of rotatable bonds is 5. The number of benzene rings is 1. The lowest BCUT2D eigenvalue weighted by Crippen LogP contribution is -2.31. The molecule has 1 aromatic carbocycles. The Hall–Kier alpha value is -1.26. The summed E-state index contributed by atoms with van der Waals surface area (Å²) in [5.41, 5.74) is 1.11. The van der Waals surface area contributed by atoms with Gasteiger partial charge in [0.15, 0.2) is 0 Å². The van der Waals surface area contributed by atoms with Gasteiger partial charge in [0.2, 0.25) is 0 Å². The minimum absolute atomic E-state index is 0.0669. The van der Waals surface area contributed by atoms with E-state index in [0.29, 0.717) is 18.1 Å². The predicted octanol–water partition coefficient (Wildman–Crippen LogP) is 1.71. The van der Waals surface area contributed by atoms with Crippen LogP contribution in [-0.4, -0.2) is 30.3 Å². The number of halogens is 1. The molecule has 17 heavy (non-hydrogen) atoms. The summed E-state index contributed by atoms with van der Waals surface area (Å²) in [4.78, 5) is 10.3. The van der Waals surface area contributed by atoms with Gasteiger partial charge < -0.3 is 15.2 Å². The van der Waals surface area contributed by atoms with Crippen LogP contribution in [0.4, 0.5) is 0 Å². The summed E-state index contributed by atoms with van der Waals surface area (Å²) in [7, 11) is 0. The maximum absolute atomic E-state index is 10.3. The molecule has 0 saturated carbocycles. The molecular formula is C12H14ClNO3. The van der Waals surface area contributed by atoms with Crippen molar-refractivity contribution in [3.63, 3.8) is 0 Å². The van der Waals surface area contributed by atoms with Crippen molar-refractivity contribution in [1.29, 1.82) is 0 Å². The largest absolute Gasteiger partial charge is 0.488 e. The van der Waals surface area contributed by atoms with Gasteiger partial charge in [-0.1, -0.05) is 11.6 Å². The Labute approximate surface area is 105 Å². The summed E-state index contributed by atoms with van der Waals surface area (Å²) in [6.07, 6.45) is 1.01. The van der Waals surface area contributed by atoms with Gasteiger partial charge in [0, 0.05) is 24.5 Å². The molecule has 1 atom stereocenters. The second-order valence-electron chi connectivity index (χ2n) is 4.04. The monoisotopic (exact) mass is 255 g/mol. The number of fused-ring (bicyclic) bond motifs is 1. The van der Waals surface area contributed by atoms with E-state index in [-0.39, 0.29) is 12.5 Å². The van der Waals surface area contributed by atoms with E-state index in [4.69, 9.17) is 21.4 Å². The second kappa shape index (κ2) is 5.38. The van der Waals surface area contributed by atoms with E-state index >= 15 is 0 Å². The standard InChI is InChI=1S/C12H14ClNO3/c13-9-1-2-11-8(5-9)6-10(17-11)7-14-4-3-12(15)16/h1-2,5,10,14H,3-4,6-7H2,(H,15,16). The van der Waals surface area contributed by atoms with Crippen molar-refractivity contribution in [2.24, 2.45) is 0 Å². The van der Waals surface area contributed by atoms with Crippen LogP contribution in [0.25, 0.3) is 0 Å². The molecule has 1 heterocycles. The normalized spacial score (nSPS) is 17.6. The zero-order valence-corrected chi connectivity index (χ0v) is 10.0. The van der Waals surface area contributed by atoms with Gasteiger partial charge in [-0.25, -0.2) is 0 Å². The van der Waals surface area contributed by atoms with Gasteiger partial charge in [-0.15, -0.1) is 0 Å². The number of aliphatic carboxylic acids is 1. The second-order valence-corrected chi connectivity index (χ2v) is 4.48. The van der Waals surface area contributed by atoms with Crippen LogP contribution in [0.3, 0.4) is 0 Å². The van der Waals surface area contributed by atoms with Crippen LogP contribution in [0.2, 0.25) is 5.02 Å². The van der Waals surface area contributed by atoms with E-state index in [2.05, 4.69) is 5.32 Å². The molecule has 2 N–H and O–H groups in total. The van der Waals surface area contributed by atoms with Gasteiger partial charge in [0.1, 0.15) is 11.9 Å². The Morgan fingerprint density at radius 3 is 3.18 bits per heavy atom. The summed E-state index contributed by atoms with van der Waals surface area (Å²) in [6.45, 7) is 1.12. The zero-order valence-electron chi connectivity index (χ0n) is 9.28. The molecule has 2 rings (SSSR count). The number of carboxylic acid groups (broad SMARTS) is 1. The predicted molar refractivity (Wildman–Crippen MR) is 64.7 cm³/mol. The molecular weight excluding hydrogens is 242 g/mol. The highest BCUT2D eigenvalue weighted by Gasteiger charge is 2.22. The number of carboxylic acids is 1. The molecule has 92 valence electrons. The molecule has 4 nitrogen and oxygen atoms in total. The van der Waals surface area contributed by atoms with Crippen molar-refractivity contribution in [2.45, 2.75) is 18.9 Å². The van der Waals surface area contributed by atoms with E-state index in [1.165, 1.54) is 0 Å². The molecule has 1 aliphatic heterocycles. The van der Waals surface area contributed by atoms with Gasteiger partial charge in [0.25, 0.3) is 0 Å². The first kappa shape index (κ1) is 12.2. The molecule has 0 saturated heterocycles. The van der Waals surface area contributed by atoms with E-state index in [1.54, 1.807) is 6.07 Å². The zero-order chi connectivity index (χ0) is 12.3. The van der Waals surface area contributed by atoms with Gasteiger partial charge in [-0.2, -0.15) is 0 Å². The highest BCUT2D eigenvalue weighted by Crippen LogP contribution is 2.30. The lowest BCUT2D eigenvalue weighted by molar-refractivity contribution is -0.136. The Bertz CT molecular complexity index is 422. The molecule has 5 heteroatoms. The van der Waals surface area contributed by atoms with Gasteiger partial charge in [-0.3, -0.25) is 4.79 Å². The first-order chi connectivity index (χ1) is 8.15. The molecule has 0 spiro atoms. The van der Waals surface area contributed by atoms with E-state index in [9.17, 15) is 4.79 Å². The van der Waals surface area contributed by atoms with Crippen LogP contribution in [0.15, 0.2) is 18.2 Å². The van der Waals surface area contributed by atoms with Gasteiger partial charge in [0.05, 0.1) is 6.42 Å². The molecule has 0 bridgehead atoms. The molecule has 1 aliphatic rings. The third kappa shape index (κ3) is 3.35. The maximum Gasteiger partial charge on any atom is 0.304 e. The fourth-order valence-electron chi connectivity index (χ4n) is 1.86. The van der Waals surface area contributed by atoms with Gasteiger partial charge in [-0.05, 0) is 23.8 Å². The molecule has 0 aromatic heterocycles. The third-order valence-corrected chi connectivity index (χ3v) is 2.89. The van der Waals surface area contributed by atoms with Crippen LogP contribution in [0, 0.1) is 0 Å². The number of ether oxygens (including phenoxy) is 1. The lowest BCUT2D eigenvalue weighted by atomic mass is 10.1. The molecule has 1 unspecified atom stereocenters. The van der Waals surface area contributed by atoms with Crippen molar-refractivity contribution >= 4 is 17.6 Å². The maximum atomic E-state index is 10.3. The minimum Gasteiger partial charge on any atom is -0.488 e. The molecule has 0 amide bonds. The number of carbonyl (C=O) groups is 1. The average Bonchev–Trinajstić information content (AvgIpc) is 2.66. The number of hydrogen-bond donors (Lipinski definition) is 2. The summed E-state index contributed by atoms with van der Waals surface area (Å²) in [5, 5.41) is 12.3. The summed E-state index contributed by atoms with van der Waals surface area (Å²) < 4.78 is 5.70. The van der Waals surface area contributed by atoms with E-state index in [0.717, 1.165) is 17.7 Å². The number of hydrogen-bond acceptors (Lipinski definition) is 3. The third-order valence-electron chi connectivity index (χ3n) is 2.65. The van der Waals surface area contributed by atoms with Crippen molar-refractivity contribution in [3.05, 3.63) is 28.8 Å². The summed E-state index contributed by atoms with van der Waals surface area (Å²) in [6, 6.07) is 5.59. The fraction of sp³-hybridized carbons (Fsp3) is 0.417. The van der Waals surface area contributed by atoms with Crippen LogP contribution in [0.5, 0.6) is 5.75 Å². The number of nitrogens with one attached hydrogen (secondary N) is 1.